The SMILES string of the molecule is CC/C=C\C/C=C\C/C=C\C/C=C\C/C=C\C/C=C\C/C=C\C/C=C\C/C=C\C/C=C\C/C=C\CCCCCC(=O)NC(CO)C(O)/C=C/CC/C=C/CCCCCCCCCCCCCCCCCCCCCCC. The molecule has 430 valence electrons. The quantitative estimate of drug-likeness (QED) is 0.0420. The van der Waals surface area contributed by atoms with Gasteiger partial charge in [-0.25, -0.2) is 0 Å². The predicted molar refractivity (Wildman–Crippen MR) is 340 cm³/mol. The first-order valence-electron chi connectivity index (χ1n) is 31.7. The highest BCUT2D eigenvalue weighted by atomic mass is 16.3. The van der Waals surface area contributed by atoms with Crippen LogP contribution in [0.3, 0.4) is 0 Å². The topological polar surface area (TPSA) is 69.6 Å². The van der Waals surface area contributed by atoms with Crippen LogP contribution in [0.4, 0.5) is 0 Å². The van der Waals surface area contributed by atoms with Gasteiger partial charge in [0.05, 0.1) is 18.8 Å². The number of aliphatic hydroxyl groups excluding tert-OH is 2. The van der Waals surface area contributed by atoms with Gasteiger partial charge in [-0.1, -0.05) is 307 Å². The molecule has 0 aliphatic carbocycles. The van der Waals surface area contributed by atoms with Gasteiger partial charge in [0.15, 0.2) is 0 Å². The third-order valence-electron chi connectivity index (χ3n) is 13.5. The number of hydrogen-bond acceptors (Lipinski definition) is 3. The number of rotatable bonds is 56. The van der Waals surface area contributed by atoms with Crippen molar-refractivity contribution in [3.8, 4) is 0 Å². The number of hydrogen-bond donors (Lipinski definition) is 3. The molecule has 4 heteroatoms. The van der Waals surface area contributed by atoms with Gasteiger partial charge in [0, 0.05) is 6.42 Å². The summed E-state index contributed by atoms with van der Waals surface area (Å²) in [6.07, 6.45) is 104. The van der Waals surface area contributed by atoms with E-state index in [0.717, 1.165) is 116 Å². The fraction of sp³-hybridized carbons (Fsp3) is 0.625. The zero-order chi connectivity index (χ0) is 54.8. The lowest BCUT2D eigenvalue weighted by Gasteiger charge is -2.19. The Morgan fingerprint density at radius 2 is 0.592 bits per heavy atom. The molecule has 4 nitrogen and oxygen atoms in total. The van der Waals surface area contributed by atoms with Crippen molar-refractivity contribution in [1.82, 2.24) is 5.32 Å². The van der Waals surface area contributed by atoms with Gasteiger partial charge in [-0.2, -0.15) is 0 Å². The summed E-state index contributed by atoms with van der Waals surface area (Å²) in [5.41, 5.74) is 0. The molecular weight excluding hydrogens is 927 g/mol. The molecule has 0 saturated carbocycles. The number of allylic oxidation sites excluding steroid dienone is 25. The standard InChI is InChI=1S/C72H119NO3/c1-3-5-7-9-11-13-15-17-19-21-23-25-27-29-31-32-33-34-35-36-37-38-39-40-42-44-46-48-50-52-54-56-58-60-62-64-66-68-72(76)73-70(69-74)71(75)67-65-63-61-59-57-55-53-51-49-47-45-43-41-30-28-26-24-22-20-18-16-14-12-10-8-6-4-2/h5,7,11,13,17,19,23,25,29,31,33-34,36-37,39-40,44,46,50,52,56-59,65,67,70-71,74-75H,3-4,6,8-10,12,14-16,18,20-22,24,26-28,30,32,35,38,41-43,45,47-49,51,53-55,60-64,66,68-69H2,1-2H3,(H,73,76)/b7-5-,13-11-,19-17-,25-23-,31-29-,34-33-,37-36-,40-39-,46-44-,52-50-,58-56-,59-57+,67-65+. The van der Waals surface area contributed by atoms with Gasteiger partial charge in [-0.15, -0.1) is 0 Å². The van der Waals surface area contributed by atoms with Crippen molar-refractivity contribution in [2.24, 2.45) is 0 Å². The second-order valence-corrected chi connectivity index (χ2v) is 20.7. The Morgan fingerprint density at radius 1 is 0.329 bits per heavy atom. The number of unbranched alkanes of at least 4 members (excludes halogenated alkanes) is 25. The average Bonchev–Trinajstić information content (AvgIpc) is 3.42. The number of aliphatic hydroxyl groups is 2. The molecule has 0 rings (SSSR count). The van der Waals surface area contributed by atoms with Crippen molar-refractivity contribution in [3.63, 3.8) is 0 Å². The van der Waals surface area contributed by atoms with Crippen molar-refractivity contribution in [2.75, 3.05) is 6.61 Å². The van der Waals surface area contributed by atoms with Crippen LogP contribution in [0.15, 0.2) is 158 Å². The largest absolute Gasteiger partial charge is 0.394 e. The van der Waals surface area contributed by atoms with E-state index in [1.54, 1.807) is 6.08 Å². The highest BCUT2D eigenvalue weighted by Gasteiger charge is 2.17. The summed E-state index contributed by atoms with van der Waals surface area (Å²) < 4.78 is 0. The number of carbonyl (C=O) groups excluding carboxylic acids is 1. The van der Waals surface area contributed by atoms with E-state index in [2.05, 4.69) is 165 Å². The lowest BCUT2D eigenvalue weighted by atomic mass is 10.0. The van der Waals surface area contributed by atoms with Crippen molar-refractivity contribution in [3.05, 3.63) is 158 Å². The molecular formula is C72H119NO3. The number of amides is 1. The van der Waals surface area contributed by atoms with E-state index in [-0.39, 0.29) is 12.5 Å². The zero-order valence-corrected chi connectivity index (χ0v) is 49.5. The molecule has 0 aliphatic rings. The molecule has 0 heterocycles. The fourth-order valence-electron chi connectivity index (χ4n) is 8.73. The van der Waals surface area contributed by atoms with Crippen LogP contribution < -0.4 is 5.32 Å². The molecule has 2 atom stereocenters. The van der Waals surface area contributed by atoms with Gasteiger partial charge in [0.2, 0.25) is 5.91 Å². The monoisotopic (exact) mass is 1050 g/mol. The maximum absolute atomic E-state index is 12.5. The Balaban J connectivity index is 3.70. The Hall–Kier alpha value is -3.99. The van der Waals surface area contributed by atoms with E-state index in [1.807, 2.05) is 6.08 Å². The van der Waals surface area contributed by atoms with Crippen LogP contribution in [-0.4, -0.2) is 34.9 Å². The normalized spacial score (nSPS) is 13.9. The molecule has 0 aliphatic heterocycles. The molecule has 0 aromatic heterocycles. The molecule has 0 aromatic carbocycles. The predicted octanol–water partition coefficient (Wildman–Crippen LogP) is 21.7. The van der Waals surface area contributed by atoms with E-state index >= 15 is 0 Å². The molecule has 76 heavy (non-hydrogen) atoms. The second kappa shape index (κ2) is 65.3. The summed E-state index contributed by atoms with van der Waals surface area (Å²) in [5.74, 6) is -0.110. The third-order valence-corrected chi connectivity index (χ3v) is 13.5. The summed E-state index contributed by atoms with van der Waals surface area (Å²) in [7, 11) is 0. The van der Waals surface area contributed by atoms with Gasteiger partial charge in [0.1, 0.15) is 0 Å². The second-order valence-electron chi connectivity index (χ2n) is 20.7. The van der Waals surface area contributed by atoms with Crippen LogP contribution in [-0.2, 0) is 4.79 Å². The molecule has 1 amide bonds. The first kappa shape index (κ1) is 72.0. The Kier molecular flexibility index (Phi) is 61.9. The highest BCUT2D eigenvalue weighted by Crippen LogP contribution is 2.16. The molecule has 3 N–H and O–H groups in total. The Bertz CT molecular complexity index is 1610. The van der Waals surface area contributed by atoms with Gasteiger partial charge >= 0.3 is 0 Å². The first-order chi connectivity index (χ1) is 37.7. The van der Waals surface area contributed by atoms with Gasteiger partial charge in [-0.3, -0.25) is 4.79 Å². The minimum Gasteiger partial charge on any atom is -0.394 e. The van der Waals surface area contributed by atoms with Crippen molar-refractivity contribution in [2.45, 2.75) is 283 Å². The van der Waals surface area contributed by atoms with Crippen LogP contribution in [0.2, 0.25) is 0 Å². The van der Waals surface area contributed by atoms with Crippen LogP contribution in [0.5, 0.6) is 0 Å². The Labute approximate surface area is 471 Å². The highest BCUT2D eigenvalue weighted by molar-refractivity contribution is 5.76. The lowest BCUT2D eigenvalue weighted by Crippen LogP contribution is -2.45. The minimum atomic E-state index is -0.890. The van der Waals surface area contributed by atoms with Crippen LogP contribution in [0.1, 0.15) is 271 Å². The van der Waals surface area contributed by atoms with E-state index in [4.69, 9.17) is 0 Å². The molecule has 0 aromatic rings. The van der Waals surface area contributed by atoms with E-state index < -0.39 is 12.1 Å². The van der Waals surface area contributed by atoms with Gasteiger partial charge in [-0.05, 0) is 116 Å². The number of carbonyl (C=O) groups is 1. The van der Waals surface area contributed by atoms with Crippen LogP contribution in [0, 0.1) is 0 Å². The van der Waals surface area contributed by atoms with E-state index in [1.165, 1.54) is 135 Å². The minimum absolute atomic E-state index is 0.110. The molecule has 0 radical (unpaired) electrons. The van der Waals surface area contributed by atoms with Crippen molar-refractivity contribution >= 4 is 5.91 Å². The summed E-state index contributed by atoms with van der Waals surface area (Å²) in [6.45, 7) is 4.18. The average molecular weight is 1050 g/mol. The molecule has 0 saturated heterocycles. The lowest BCUT2D eigenvalue weighted by molar-refractivity contribution is -0.123. The molecule has 0 spiro atoms. The molecule has 0 fully saturated rings. The summed E-state index contributed by atoms with van der Waals surface area (Å²) in [5, 5.41) is 23.2. The fourth-order valence-corrected chi connectivity index (χ4v) is 8.73. The molecule has 0 bridgehead atoms. The third kappa shape index (κ3) is 60.9. The summed E-state index contributed by atoms with van der Waals surface area (Å²) in [6, 6.07) is -0.671. The summed E-state index contributed by atoms with van der Waals surface area (Å²) in [4.78, 5) is 12.5. The van der Waals surface area contributed by atoms with Crippen molar-refractivity contribution < 1.29 is 15.0 Å². The zero-order valence-electron chi connectivity index (χ0n) is 49.5. The van der Waals surface area contributed by atoms with Gasteiger partial charge < -0.3 is 15.5 Å². The smallest absolute Gasteiger partial charge is 0.220 e. The first-order valence-corrected chi connectivity index (χ1v) is 31.7. The van der Waals surface area contributed by atoms with Crippen molar-refractivity contribution in [1.29, 1.82) is 0 Å². The van der Waals surface area contributed by atoms with E-state index in [0.29, 0.717) is 6.42 Å². The molecule has 2 unspecified atom stereocenters. The summed E-state index contributed by atoms with van der Waals surface area (Å²) >= 11 is 0. The van der Waals surface area contributed by atoms with Crippen LogP contribution in [0.25, 0.3) is 0 Å². The maximum Gasteiger partial charge on any atom is 0.220 e. The number of nitrogens with one attached hydrogen (secondary N) is 1. The maximum atomic E-state index is 12.5. The van der Waals surface area contributed by atoms with Gasteiger partial charge in [0.25, 0.3) is 0 Å². The Morgan fingerprint density at radius 3 is 0.921 bits per heavy atom. The van der Waals surface area contributed by atoms with Crippen LogP contribution >= 0.6 is 0 Å². The van der Waals surface area contributed by atoms with E-state index in [9.17, 15) is 15.0 Å².